The lowest BCUT2D eigenvalue weighted by Crippen LogP contribution is -2.26. The van der Waals surface area contributed by atoms with E-state index in [1.807, 2.05) is 47.5 Å². The largest absolute Gasteiger partial charge is 0.334 e. The van der Waals surface area contributed by atoms with E-state index in [1.165, 1.54) is 0 Å². The van der Waals surface area contributed by atoms with Crippen molar-refractivity contribution in [1.82, 2.24) is 19.5 Å². The molecule has 0 unspecified atom stereocenters. The summed E-state index contributed by atoms with van der Waals surface area (Å²) in [7, 11) is 0. The zero-order chi connectivity index (χ0) is 15.1. The molecule has 3 aromatic rings. The van der Waals surface area contributed by atoms with E-state index in [9.17, 15) is 4.79 Å². The highest BCUT2D eigenvalue weighted by Gasteiger charge is 2.28. The van der Waals surface area contributed by atoms with Gasteiger partial charge in [-0.1, -0.05) is 18.2 Å². The lowest BCUT2D eigenvalue weighted by molar-refractivity contribution is 0.0779. The van der Waals surface area contributed by atoms with Gasteiger partial charge in [-0.15, -0.1) is 0 Å². The van der Waals surface area contributed by atoms with E-state index in [2.05, 4.69) is 26.0 Å². The quantitative estimate of drug-likeness (QED) is 0.724. The molecule has 0 saturated heterocycles. The molecule has 0 atom stereocenters. The summed E-state index contributed by atoms with van der Waals surface area (Å²) in [4.78, 5) is 18.8. The SMILES string of the molecule is O=C1c2c(Br)cccc2CN1CCc1nc2ccccn2n1. The number of rotatable bonds is 3. The molecular weight excluding hydrogens is 344 g/mol. The Bertz CT molecular complexity index is 840. The zero-order valence-electron chi connectivity index (χ0n) is 11.7. The summed E-state index contributed by atoms with van der Waals surface area (Å²) < 4.78 is 2.62. The maximum Gasteiger partial charge on any atom is 0.255 e. The normalized spacial score (nSPS) is 13.9. The smallest absolute Gasteiger partial charge is 0.255 e. The zero-order valence-corrected chi connectivity index (χ0v) is 13.3. The Balaban J connectivity index is 1.51. The predicted molar refractivity (Wildman–Crippen MR) is 85.6 cm³/mol. The van der Waals surface area contributed by atoms with Crippen LogP contribution in [0.3, 0.4) is 0 Å². The van der Waals surface area contributed by atoms with E-state index in [1.54, 1.807) is 4.52 Å². The monoisotopic (exact) mass is 356 g/mol. The van der Waals surface area contributed by atoms with Crippen LogP contribution in [0.1, 0.15) is 21.7 Å². The lowest BCUT2D eigenvalue weighted by atomic mass is 10.1. The average molecular weight is 357 g/mol. The fraction of sp³-hybridized carbons (Fsp3) is 0.188. The standard InChI is InChI=1S/C16H13BrN4O/c17-12-5-3-4-11-10-20(16(22)15(11)12)9-7-13-18-14-6-1-2-8-21(14)19-13/h1-6,8H,7,9-10H2. The number of hydrogen-bond donors (Lipinski definition) is 0. The Labute approximate surface area is 135 Å². The summed E-state index contributed by atoms with van der Waals surface area (Å²) in [6.45, 7) is 1.28. The molecule has 4 rings (SSSR count). The van der Waals surface area contributed by atoms with Gasteiger partial charge in [0.25, 0.3) is 5.91 Å². The minimum Gasteiger partial charge on any atom is -0.334 e. The van der Waals surface area contributed by atoms with Gasteiger partial charge in [0, 0.05) is 30.2 Å². The molecule has 1 aliphatic heterocycles. The predicted octanol–water partition coefficient (Wildman–Crippen LogP) is 2.69. The van der Waals surface area contributed by atoms with Gasteiger partial charge in [-0.3, -0.25) is 4.79 Å². The van der Waals surface area contributed by atoms with E-state index < -0.39 is 0 Å². The number of pyridine rings is 1. The second kappa shape index (κ2) is 5.21. The second-order valence-corrected chi connectivity index (χ2v) is 6.14. The molecule has 22 heavy (non-hydrogen) atoms. The first kappa shape index (κ1) is 13.5. The van der Waals surface area contributed by atoms with Crippen molar-refractivity contribution in [3.63, 3.8) is 0 Å². The number of fused-ring (bicyclic) bond motifs is 2. The van der Waals surface area contributed by atoms with Gasteiger partial charge in [-0.05, 0) is 39.7 Å². The molecule has 1 aromatic carbocycles. The highest BCUT2D eigenvalue weighted by Crippen LogP contribution is 2.29. The Morgan fingerprint density at radius 3 is 2.91 bits per heavy atom. The van der Waals surface area contributed by atoms with Crippen molar-refractivity contribution < 1.29 is 4.79 Å². The molecule has 110 valence electrons. The van der Waals surface area contributed by atoms with Crippen LogP contribution >= 0.6 is 15.9 Å². The molecule has 0 bridgehead atoms. The Morgan fingerprint density at radius 2 is 2.09 bits per heavy atom. The van der Waals surface area contributed by atoms with Crippen LogP contribution in [0, 0.1) is 0 Å². The summed E-state index contributed by atoms with van der Waals surface area (Å²) in [5.41, 5.74) is 2.68. The second-order valence-electron chi connectivity index (χ2n) is 5.28. The lowest BCUT2D eigenvalue weighted by Gasteiger charge is -2.14. The Hall–Kier alpha value is -2.21. The van der Waals surface area contributed by atoms with E-state index >= 15 is 0 Å². The van der Waals surface area contributed by atoms with E-state index in [-0.39, 0.29) is 5.91 Å². The van der Waals surface area contributed by atoms with Crippen molar-refractivity contribution in [3.8, 4) is 0 Å². The summed E-state index contributed by atoms with van der Waals surface area (Å²) in [5, 5.41) is 4.42. The maximum atomic E-state index is 12.5. The molecule has 2 aromatic heterocycles. The first-order valence-electron chi connectivity index (χ1n) is 7.09. The van der Waals surface area contributed by atoms with Crippen molar-refractivity contribution >= 4 is 27.5 Å². The molecule has 1 amide bonds. The van der Waals surface area contributed by atoms with Crippen LogP contribution in [0.25, 0.3) is 5.65 Å². The molecule has 0 fully saturated rings. The van der Waals surface area contributed by atoms with Crippen molar-refractivity contribution in [2.75, 3.05) is 6.54 Å². The third-order valence-corrected chi connectivity index (χ3v) is 4.51. The number of aromatic nitrogens is 3. The average Bonchev–Trinajstić information content (AvgIpc) is 3.07. The van der Waals surface area contributed by atoms with Crippen LogP contribution in [0.15, 0.2) is 47.1 Å². The minimum atomic E-state index is 0.0752. The molecular formula is C16H13BrN4O. The van der Waals surface area contributed by atoms with Gasteiger partial charge < -0.3 is 4.90 Å². The molecule has 0 N–H and O–H groups in total. The third kappa shape index (κ3) is 2.20. The van der Waals surface area contributed by atoms with Gasteiger partial charge in [0.05, 0.1) is 5.56 Å². The summed E-state index contributed by atoms with van der Waals surface area (Å²) in [6, 6.07) is 11.6. The van der Waals surface area contributed by atoms with Gasteiger partial charge in [0.15, 0.2) is 11.5 Å². The first-order chi connectivity index (χ1) is 10.7. The number of benzene rings is 1. The number of halogens is 1. The van der Waals surface area contributed by atoms with Gasteiger partial charge in [0.1, 0.15) is 0 Å². The summed E-state index contributed by atoms with van der Waals surface area (Å²) in [5.74, 6) is 0.834. The number of hydrogen-bond acceptors (Lipinski definition) is 3. The van der Waals surface area contributed by atoms with Crippen molar-refractivity contribution in [2.24, 2.45) is 0 Å². The molecule has 6 heteroatoms. The van der Waals surface area contributed by atoms with Crippen molar-refractivity contribution in [2.45, 2.75) is 13.0 Å². The molecule has 1 aliphatic rings. The third-order valence-electron chi connectivity index (χ3n) is 3.85. The minimum absolute atomic E-state index is 0.0752. The van der Waals surface area contributed by atoms with Crippen LogP contribution in [-0.4, -0.2) is 31.9 Å². The van der Waals surface area contributed by atoms with Gasteiger partial charge in [0.2, 0.25) is 0 Å². The van der Waals surface area contributed by atoms with Crippen LogP contribution in [0.4, 0.5) is 0 Å². The molecule has 0 aliphatic carbocycles. The summed E-state index contributed by atoms with van der Waals surface area (Å²) in [6.07, 6.45) is 2.53. The van der Waals surface area contributed by atoms with Crippen LogP contribution in [0.5, 0.6) is 0 Å². The van der Waals surface area contributed by atoms with E-state index in [0.29, 0.717) is 19.5 Å². The number of nitrogens with zero attached hydrogens (tertiary/aromatic N) is 4. The molecule has 0 radical (unpaired) electrons. The van der Waals surface area contributed by atoms with Crippen LogP contribution < -0.4 is 0 Å². The highest BCUT2D eigenvalue weighted by atomic mass is 79.9. The fourth-order valence-electron chi connectivity index (χ4n) is 2.77. The number of amides is 1. The van der Waals surface area contributed by atoms with Gasteiger partial charge >= 0.3 is 0 Å². The molecule has 0 saturated carbocycles. The van der Waals surface area contributed by atoms with Gasteiger partial charge in [-0.2, -0.15) is 5.10 Å². The van der Waals surface area contributed by atoms with Crippen molar-refractivity contribution in [3.05, 3.63) is 64.0 Å². The highest BCUT2D eigenvalue weighted by molar-refractivity contribution is 9.10. The molecule has 3 heterocycles. The number of carbonyl (C=O) groups is 1. The molecule has 5 nitrogen and oxygen atoms in total. The van der Waals surface area contributed by atoms with Crippen LogP contribution in [-0.2, 0) is 13.0 Å². The van der Waals surface area contributed by atoms with Crippen molar-refractivity contribution in [1.29, 1.82) is 0 Å². The maximum absolute atomic E-state index is 12.5. The number of carbonyl (C=O) groups excluding carboxylic acids is 1. The fourth-order valence-corrected chi connectivity index (χ4v) is 3.35. The first-order valence-corrected chi connectivity index (χ1v) is 7.88. The topological polar surface area (TPSA) is 50.5 Å². The van der Waals surface area contributed by atoms with E-state index in [0.717, 1.165) is 27.1 Å². The molecule has 0 spiro atoms. The Kier molecular flexibility index (Phi) is 3.18. The summed E-state index contributed by atoms with van der Waals surface area (Å²) >= 11 is 3.46. The van der Waals surface area contributed by atoms with E-state index in [4.69, 9.17) is 0 Å². The Morgan fingerprint density at radius 1 is 1.18 bits per heavy atom. The van der Waals surface area contributed by atoms with Gasteiger partial charge in [-0.25, -0.2) is 9.50 Å². The van der Waals surface area contributed by atoms with Crippen LogP contribution in [0.2, 0.25) is 0 Å².